The number of rotatable bonds is 6. The smallest absolute Gasteiger partial charge is 0.258 e. The zero-order valence-electron chi connectivity index (χ0n) is 14.3. The first-order chi connectivity index (χ1) is 13.0. The molecular formula is C19H16Cl3N3O2. The second-order valence-corrected chi connectivity index (χ2v) is 7.01. The zero-order valence-corrected chi connectivity index (χ0v) is 16.6. The molecule has 140 valence electrons. The molecule has 1 unspecified atom stereocenters. The van der Waals surface area contributed by atoms with E-state index in [1.165, 1.54) is 12.1 Å². The van der Waals surface area contributed by atoms with E-state index in [-0.39, 0.29) is 23.3 Å². The molecule has 8 heteroatoms. The SMILES string of the molecule is Cn1ccnc1C(NC(=O)COc1cc(Cl)c(Cl)cc1Cl)c1ccccc1. The number of hydrogen-bond donors (Lipinski definition) is 1. The van der Waals surface area contributed by atoms with Crippen LogP contribution in [0.15, 0.2) is 54.9 Å². The standard InChI is InChI=1S/C19H16Cl3N3O2/c1-25-8-7-23-19(25)18(12-5-3-2-4-6-12)24-17(26)11-27-16-10-14(21)13(20)9-15(16)22/h2-10,18H,11H2,1H3,(H,24,26). The van der Waals surface area contributed by atoms with Crippen molar-refractivity contribution in [2.45, 2.75) is 6.04 Å². The van der Waals surface area contributed by atoms with Gasteiger partial charge in [0.2, 0.25) is 0 Å². The molecule has 0 aliphatic rings. The monoisotopic (exact) mass is 423 g/mol. The maximum atomic E-state index is 12.5. The van der Waals surface area contributed by atoms with Gasteiger partial charge in [-0.15, -0.1) is 0 Å². The maximum Gasteiger partial charge on any atom is 0.258 e. The third kappa shape index (κ3) is 4.75. The van der Waals surface area contributed by atoms with Gasteiger partial charge in [-0.1, -0.05) is 65.1 Å². The van der Waals surface area contributed by atoms with E-state index >= 15 is 0 Å². The van der Waals surface area contributed by atoms with Gasteiger partial charge in [0.25, 0.3) is 5.91 Å². The van der Waals surface area contributed by atoms with Crippen LogP contribution in [0.25, 0.3) is 0 Å². The Morgan fingerprint density at radius 1 is 1.15 bits per heavy atom. The summed E-state index contributed by atoms with van der Waals surface area (Å²) in [6.07, 6.45) is 3.51. The average molecular weight is 425 g/mol. The van der Waals surface area contributed by atoms with E-state index in [1.54, 1.807) is 6.20 Å². The number of benzene rings is 2. The lowest BCUT2D eigenvalue weighted by Crippen LogP contribution is -2.34. The summed E-state index contributed by atoms with van der Waals surface area (Å²) >= 11 is 17.9. The third-order valence-electron chi connectivity index (χ3n) is 3.89. The van der Waals surface area contributed by atoms with Crippen LogP contribution in [0.4, 0.5) is 0 Å². The second kappa shape index (κ2) is 8.65. The number of nitrogens with zero attached hydrogens (tertiary/aromatic N) is 2. The Morgan fingerprint density at radius 3 is 2.52 bits per heavy atom. The minimum absolute atomic E-state index is 0.231. The maximum absolute atomic E-state index is 12.5. The molecule has 1 aromatic heterocycles. The molecule has 3 rings (SSSR count). The summed E-state index contributed by atoms with van der Waals surface area (Å²) in [5.74, 6) is 0.672. The molecular weight excluding hydrogens is 409 g/mol. The van der Waals surface area contributed by atoms with Crippen LogP contribution in [-0.2, 0) is 11.8 Å². The fraction of sp³-hybridized carbons (Fsp3) is 0.158. The van der Waals surface area contributed by atoms with Crippen molar-refractivity contribution in [3.63, 3.8) is 0 Å². The van der Waals surface area contributed by atoms with Crippen molar-refractivity contribution in [3.05, 3.63) is 81.3 Å². The molecule has 0 aliphatic heterocycles. The van der Waals surface area contributed by atoms with Gasteiger partial charge in [-0.3, -0.25) is 4.79 Å². The number of nitrogens with one attached hydrogen (secondary N) is 1. The van der Waals surface area contributed by atoms with E-state index in [4.69, 9.17) is 39.5 Å². The molecule has 1 heterocycles. The molecule has 1 atom stereocenters. The number of hydrogen-bond acceptors (Lipinski definition) is 3. The molecule has 0 radical (unpaired) electrons. The van der Waals surface area contributed by atoms with Gasteiger partial charge < -0.3 is 14.6 Å². The van der Waals surface area contributed by atoms with Gasteiger partial charge in [0.05, 0.1) is 15.1 Å². The van der Waals surface area contributed by atoms with Crippen LogP contribution in [0.3, 0.4) is 0 Å². The van der Waals surface area contributed by atoms with E-state index in [0.29, 0.717) is 15.9 Å². The lowest BCUT2D eigenvalue weighted by atomic mass is 10.1. The van der Waals surface area contributed by atoms with E-state index < -0.39 is 6.04 Å². The summed E-state index contributed by atoms with van der Waals surface area (Å²) in [5, 5.41) is 3.84. The van der Waals surface area contributed by atoms with Gasteiger partial charge in [0, 0.05) is 25.5 Å². The Labute approximate surface area is 171 Å². The Balaban J connectivity index is 1.74. The normalized spacial score (nSPS) is 11.9. The van der Waals surface area contributed by atoms with Gasteiger partial charge in [-0.05, 0) is 11.6 Å². The minimum atomic E-state index is -0.411. The number of aryl methyl sites for hydroxylation is 1. The molecule has 1 N–H and O–H groups in total. The predicted molar refractivity (Wildman–Crippen MR) is 107 cm³/mol. The fourth-order valence-electron chi connectivity index (χ4n) is 2.56. The minimum Gasteiger partial charge on any atom is -0.482 e. The first-order valence-corrected chi connectivity index (χ1v) is 9.18. The molecule has 0 saturated carbocycles. The van der Waals surface area contributed by atoms with Crippen LogP contribution >= 0.6 is 34.8 Å². The van der Waals surface area contributed by atoms with Crippen molar-refractivity contribution in [2.75, 3.05) is 6.61 Å². The predicted octanol–water partition coefficient (Wildman–Crippen LogP) is 4.66. The highest BCUT2D eigenvalue weighted by atomic mass is 35.5. The highest BCUT2D eigenvalue weighted by Crippen LogP contribution is 2.33. The van der Waals surface area contributed by atoms with Crippen LogP contribution in [0.5, 0.6) is 5.75 Å². The van der Waals surface area contributed by atoms with Crippen LogP contribution in [-0.4, -0.2) is 22.1 Å². The van der Waals surface area contributed by atoms with Gasteiger partial charge in [0.1, 0.15) is 17.6 Å². The lowest BCUT2D eigenvalue weighted by molar-refractivity contribution is -0.123. The molecule has 0 saturated heterocycles. The van der Waals surface area contributed by atoms with E-state index in [9.17, 15) is 4.79 Å². The number of aromatic nitrogens is 2. The Bertz CT molecular complexity index is 945. The van der Waals surface area contributed by atoms with Crippen molar-refractivity contribution in [1.29, 1.82) is 0 Å². The van der Waals surface area contributed by atoms with Gasteiger partial charge in [-0.2, -0.15) is 0 Å². The highest BCUT2D eigenvalue weighted by Gasteiger charge is 2.21. The van der Waals surface area contributed by atoms with Crippen LogP contribution in [0.2, 0.25) is 15.1 Å². The van der Waals surface area contributed by atoms with Gasteiger partial charge in [-0.25, -0.2) is 4.98 Å². The number of imidazole rings is 1. The van der Waals surface area contributed by atoms with Crippen LogP contribution < -0.4 is 10.1 Å². The zero-order chi connectivity index (χ0) is 19.4. The molecule has 5 nitrogen and oxygen atoms in total. The number of ether oxygens (including phenoxy) is 1. The van der Waals surface area contributed by atoms with Crippen molar-refractivity contribution in [1.82, 2.24) is 14.9 Å². The first kappa shape index (κ1) is 19.5. The van der Waals surface area contributed by atoms with E-state index in [2.05, 4.69) is 10.3 Å². The Hall–Kier alpha value is -2.21. The number of carbonyl (C=O) groups excluding carboxylic acids is 1. The van der Waals surface area contributed by atoms with E-state index in [0.717, 1.165) is 5.56 Å². The Morgan fingerprint density at radius 2 is 1.85 bits per heavy atom. The lowest BCUT2D eigenvalue weighted by Gasteiger charge is -2.19. The fourth-order valence-corrected chi connectivity index (χ4v) is 3.15. The molecule has 0 aliphatic carbocycles. The molecule has 27 heavy (non-hydrogen) atoms. The van der Waals surface area contributed by atoms with Crippen molar-refractivity contribution in [3.8, 4) is 5.75 Å². The van der Waals surface area contributed by atoms with E-state index in [1.807, 2.05) is 48.1 Å². The molecule has 0 bridgehead atoms. The Kier molecular flexibility index (Phi) is 6.26. The number of amides is 1. The summed E-state index contributed by atoms with van der Waals surface area (Å²) in [5.41, 5.74) is 0.910. The molecule has 0 spiro atoms. The highest BCUT2D eigenvalue weighted by molar-refractivity contribution is 6.43. The third-order valence-corrected chi connectivity index (χ3v) is 4.91. The number of halogens is 3. The largest absolute Gasteiger partial charge is 0.482 e. The first-order valence-electron chi connectivity index (χ1n) is 8.04. The summed E-state index contributed by atoms with van der Waals surface area (Å²) in [6, 6.07) is 12.1. The van der Waals surface area contributed by atoms with Crippen LogP contribution in [0, 0.1) is 0 Å². The average Bonchev–Trinajstić information content (AvgIpc) is 3.08. The number of carbonyl (C=O) groups is 1. The molecule has 1 amide bonds. The van der Waals surface area contributed by atoms with Crippen molar-refractivity contribution < 1.29 is 9.53 Å². The van der Waals surface area contributed by atoms with Gasteiger partial charge >= 0.3 is 0 Å². The summed E-state index contributed by atoms with van der Waals surface area (Å²) < 4.78 is 7.36. The second-order valence-electron chi connectivity index (χ2n) is 5.79. The van der Waals surface area contributed by atoms with Crippen molar-refractivity contribution >= 4 is 40.7 Å². The van der Waals surface area contributed by atoms with Gasteiger partial charge in [0.15, 0.2) is 6.61 Å². The summed E-state index contributed by atoms with van der Waals surface area (Å²) in [6.45, 7) is -0.231. The van der Waals surface area contributed by atoms with Crippen LogP contribution in [0.1, 0.15) is 17.4 Å². The topological polar surface area (TPSA) is 56.2 Å². The summed E-state index contributed by atoms with van der Waals surface area (Å²) in [7, 11) is 1.87. The summed E-state index contributed by atoms with van der Waals surface area (Å²) in [4.78, 5) is 16.8. The molecule has 0 fully saturated rings. The molecule has 2 aromatic carbocycles. The quantitative estimate of drug-likeness (QED) is 0.585. The molecule has 3 aromatic rings. The van der Waals surface area contributed by atoms with Crippen molar-refractivity contribution in [2.24, 2.45) is 7.05 Å².